The average molecular weight is 473 g/mol. The van der Waals surface area contributed by atoms with Crippen molar-refractivity contribution in [2.24, 2.45) is 0 Å². The first-order chi connectivity index (χ1) is 16.7. The fourth-order valence-electron chi connectivity index (χ4n) is 3.93. The van der Waals surface area contributed by atoms with Gasteiger partial charge in [-0.25, -0.2) is 0 Å². The van der Waals surface area contributed by atoms with E-state index in [1.54, 1.807) is 11.1 Å². The minimum Gasteiger partial charge on any atom is -0.447 e. The Hall–Kier alpha value is -3.72. The number of H-pyrrole nitrogens is 1. The highest BCUT2D eigenvalue weighted by molar-refractivity contribution is 7.99. The van der Waals surface area contributed by atoms with Crippen molar-refractivity contribution in [2.75, 3.05) is 10.7 Å². The van der Waals surface area contributed by atoms with Crippen molar-refractivity contribution >= 4 is 23.4 Å². The number of amides is 1. The largest absolute Gasteiger partial charge is 0.447 e. The molecule has 0 spiro atoms. The van der Waals surface area contributed by atoms with E-state index in [4.69, 9.17) is 9.72 Å². The Bertz CT molecular complexity index is 1310. The molecule has 0 aliphatic carbocycles. The smallest absolute Gasteiger partial charge is 0.247 e. The number of benzene rings is 2. The van der Waals surface area contributed by atoms with Crippen LogP contribution in [-0.2, 0) is 4.79 Å². The number of carbonyl (C=O) groups is 1. The molecule has 1 N–H and O–H groups in total. The van der Waals surface area contributed by atoms with E-state index < -0.39 is 6.23 Å². The highest BCUT2D eigenvalue weighted by atomic mass is 32.2. The number of hydrogen-bond donors (Lipinski definition) is 1. The molecule has 2 aromatic heterocycles. The molecule has 34 heavy (non-hydrogen) atoms. The fraction of sp³-hybridized carbons (Fsp3) is 0.240. The molecular weight excluding hydrogens is 448 g/mol. The summed E-state index contributed by atoms with van der Waals surface area (Å²) in [5.74, 6) is 1.14. The maximum Gasteiger partial charge on any atom is 0.247 e. The highest BCUT2D eigenvalue weighted by Crippen LogP contribution is 2.44. The van der Waals surface area contributed by atoms with Gasteiger partial charge in [0, 0.05) is 23.3 Å². The van der Waals surface area contributed by atoms with E-state index in [0.717, 1.165) is 34.6 Å². The minimum absolute atomic E-state index is 0.0843. The number of nitrogens with one attached hydrogen (secondary N) is 1. The SMILES string of the molecule is CCCSc1nnc2c(n1)O[C@H](c1cn[nH]c1-c1ccccc1)N(C(=O)CC)c1ccccc1-2. The van der Waals surface area contributed by atoms with Gasteiger partial charge in [0.1, 0.15) is 0 Å². The van der Waals surface area contributed by atoms with Gasteiger partial charge in [-0.1, -0.05) is 74.1 Å². The van der Waals surface area contributed by atoms with Gasteiger partial charge in [0.2, 0.25) is 23.2 Å². The van der Waals surface area contributed by atoms with Crippen LogP contribution < -0.4 is 9.64 Å². The van der Waals surface area contributed by atoms with Crippen molar-refractivity contribution in [3.8, 4) is 28.4 Å². The van der Waals surface area contributed by atoms with Crippen LogP contribution in [0.15, 0.2) is 66.0 Å². The molecule has 8 nitrogen and oxygen atoms in total. The van der Waals surface area contributed by atoms with E-state index in [1.807, 2.05) is 61.5 Å². The van der Waals surface area contributed by atoms with Crippen LogP contribution in [0.4, 0.5) is 5.69 Å². The van der Waals surface area contributed by atoms with Crippen LogP contribution in [0.2, 0.25) is 0 Å². The normalized spacial score (nSPS) is 14.6. The van der Waals surface area contributed by atoms with E-state index in [2.05, 4.69) is 27.3 Å². The van der Waals surface area contributed by atoms with Gasteiger partial charge in [0.15, 0.2) is 5.69 Å². The third kappa shape index (κ3) is 4.03. The molecule has 9 heteroatoms. The third-order valence-corrected chi connectivity index (χ3v) is 6.56. The molecule has 5 rings (SSSR count). The quantitative estimate of drug-likeness (QED) is 0.382. The second kappa shape index (κ2) is 9.64. The molecule has 0 radical (unpaired) electrons. The number of thioether (sulfide) groups is 1. The first-order valence-electron chi connectivity index (χ1n) is 11.3. The van der Waals surface area contributed by atoms with E-state index in [1.165, 1.54) is 11.8 Å². The first-order valence-corrected chi connectivity index (χ1v) is 12.2. The maximum atomic E-state index is 13.3. The second-order valence-electron chi connectivity index (χ2n) is 7.77. The van der Waals surface area contributed by atoms with Crippen LogP contribution in [0.1, 0.15) is 38.5 Å². The van der Waals surface area contributed by atoms with Gasteiger partial charge in [-0.05, 0) is 12.5 Å². The van der Waals surface area contributed by atoms with Gasteiger partial charge in [-0.2, -0.15) is 10.1 Å². The molecule has 1 amide bonds. The standard InChI is InChI=1S/C25H24N6O2S/c1-3-14-34-25-27-23-22(29-30-25)17-12-8-9-13-19(17)31(20(32)4-2)24(33-23)18-15-26-28-21(18)16-10-6-5-7-11-16/h5-13,15,24H,3-4,14H2,1-2H3,(H,26,28)/t24-/m1/s1. The molecule has 1 atom stereocenters. The van der Waals surface area contributed by atoms with Gasteiger partial charge in [-0.15, -0.1) is 10.2 Å². The van der Waals surface area contributed by atoms with Crippen molar-refractivity contribution in [2.45, 2.75) is 38.1 Å². The first kappa shape index (κ1) is 22.1. The van der Waals surface area contributed by atoms with Gasteiger partial charge in [-0.3, -0.25) is 14.8 Å². The van der Waals surface area contributed by atoms with Crippen LogP contribution in [0.3, 0.4) is 0 Å². The van der Waals surface area contributed by atoms with Gasteiger partial charge >= 0.3 is 0 Å². The van der Waals surface area contributed by atoms with Crippen molar-refractivity contribution in [1.82, 2.24) is 25.4 Å². The second-order valence-corrected chi connectivity index (χ2v) is 8.83. The molecule has 4 aromatic rings. The Labute approximate surface area is 201 Å². The Kier molecular flexibility index (Phi) is 6.27. The molecule has 3 heterocycles. The highest BCUT2D eigenvalue weighted by Gasteiger charge is 2.37. The predicted molar refractivity (Wildman–Crippen MR) is 131 cm³/mol. The summed E-state index contributed by atoms with van der Waals surface area (Å²) in [6, 6.07) is 17.5. The lowest BCUT2D eigenvalue weighted by molar-refractivity contribution is -0.120. The molecule has 1 aliphatic rings. The topological polar surface area (TPSA) is 96.9 Å². The molecule has 1 aliphatic heterocycles. The number of para-hydroxylation sites is 1. The molecular formula is C25H24N6O2S. The molecule has 0 unspecified atom stereocenters. The van der Waals surface area contributed by atoms with Crippen LogP contribution in [0, 0.1) is 0 Å². The number of rotatable bonds is 6. The summed E-state index contributed by atoms with van der Waals surface area (Å²) in [6.07, 6.45) is 2.22. The average Bonchev–Trinajstić information content (AvgIpc) is 3.32. The van der Waals surface area contributed by atoms with Crippen molar-refractivity contribution in [3.05, 3.63) is 66.4 Å². The number of nitrogens with zero attached hydrogens (tertiary/aromatic N) is 5. The molecule has 0 bridgehead atoms. The van der Waals surface area contributed by atoms with E-state index in [-0.39, 0.29) is 5.91 Å². The lowest BCUT2D eigenvalue weighted by Crippen LogP contribution is -2.37. The molecule has 0 saturated heterocycles. The zero-order valence-electron chi connectivity index (χ0n) is 18.9. The van der Waals surface area contributed by atoms with Crippen LogP contribution in [0.5, 0.6) is 5.88 Å². The zero-order chi connectivity index (χ0) is 23.5. The van der Waals surface area contributed by atoms with Gasteiger partial charge in [0.05, 0.1) is 23.1 Å². The Morgan fingerprint density at radius 1 is 1.09 bits per heavy atom. The molecule has 2 aromatic carbocycles. The lowest BCUT2D eigenvalue weighted by atomic mass is 10.0. The van der Waals surface area contributed by atoms with Crippen molar-refractivity contribution < 1.29 is 9.53 Å². The number of anilines is 1. The van der Waals surface area contributed by atoms with Crippen molar-refractivity contribution in [3.63, 3.8) is 0 Å². The number of hydrogen-bond acceptors (Lipinski definition) is 7. The Morgan fingerprint density at radius 2 is 1.88 bits per heavy atom. The lowest BCUT2D eigenvalue weighted by Gasteiger charge is -2.30. The van der Waals surface area contributed by atoms with Crippen molar-refractivity contribution in [1.29, 1.82) is 0 Å². The fourth-order valence-corrected chi connectivity index (χ4v) is 4.56. The summed E-state index contributed by atoms with van der Waals surface area (Å²) >= 11 is 1.53. The number of aromatic amines is 1. The minimum atomic E-state index is -0.787. The van der Waals surface area contributed by atoms with Gasteiger partial charge in [0.25, 0.3) is 0 Å². The Morgan fingerprint density at radius 3 is 2.68 bits per heavy atom. The predicted octanol–water partition coefficient (Wildman–Crippen LogP) is 5.27. The summed E-state index contributed by atoms with van der Waals surface area (Å²) in [5.41, 5.74) is 4.42. The zero-order valence-corrected chi connectivity index (χ0v) is 19.7. The summed E-state index contributed by atoms with van der Waals surface area (Å²) in [7, 11) is 0. The van der Waals surface area contributed by atoms with Crippen LogP contribution in [-0.4, -0.2) is 37.0 Å². The monoisotopic (exact) mass is 472 g/mol. The number of fused-ring (bicyclic) bond motifs is 3. The number of aromatic nitrogens is 5. The number of ether oxygens (including phenoxy) is 1. The van der Waals surface area contributed by atoms with Gasteiger partial charge < -0.3 is 4.74 Å². The van der Waals surface area contributed by atoms with Crippen LogP contribution in [0.25, 0.3) is 22.5 Å². The molecule has 172 valence electrons. The molecule has 0 saturated carbocycles. The summed E-state index contributed by atoms with van der Waals surface area (Å²) in [6.45, 7) is 3.94. The summed E-state index contributed by atoms with van der Waals surface area (Å²) in [5, 5.41) is 16.7. The summed E-state index contributed by atoms with van der Waals surface area (Å²) < 4.78 is 6.52. The summed E-state index contributed by atoms with van der Waals surface area (Å²) in [4.78, 5) is 19.7. The number of carbonyl (C=O) groups excluding carboxylic acids is 1. The van der Waals surface area contributed by atoms with E-state index in [0.29, 0.717) is 28.8 Å². The van der Waals surface area contributed by atoms with Crippen LogP contribution >= 0.6 is 11.8 Å². The maximum absolute atomic E-state index is 13.3. The third-order valence-electron chi connectivity index (χ3n) is 5.52. The Balaban J connectivity index is 1.71. The molecule has 0 fully saturated rings. The van der Waals surface area contributed by atoms with E-state index >= 15 is 0 Å². The van der Waals surface area contributed by atoms with E-state index in [9.17, 15) is 4.79 Å².